The molecule has 4 fully saturated rings. The van der Waals surface area contributed by atoms with Crippen molar-refractivity contribution in [2.45, 2.75) is 77.2 Å². The van der Waals surface area contributed by atoms with Gasteiger partial charge in [-0.1, -0.05) is 18.2 Å². The van der Waals surface area contributed by atoms with Gasteiger partial charge in [0.15, 0.2) is 0 Å². The maximum Gasteiger partial charge on any atom is 0.315 e. The van der Waals surface area contributed by atoms with E-state index in [1.807, 2.05) is 0 Å². The van der Waals surface area contributed by atoms with Gasteiger partial charge in [-0.25, -0.2) is 4.79 Å². The van der Waals surface area contributed by atoms with Gasteiger partial charge in [0.25, 0.3) is 0 Å². The Morgan fingerprint density at radius 2 is 1.67 bits per heavy atom. The molecule has 1 aromatic carbocycles. The summed E-state index contributed by atoms with van der Waals surface area (Å²) in [5.41, 5.74) is 4.63. The molecule has 2 N–H and O–H groups in total. The molecule has 27 heavy (non-hydrogen) atoms. The Morgan fingerprint density at radius 3 is 2.33 bits per heavy atom. The van der Waals surface area contributed by atoms with Crippen LogP contribution in [0, 0.1) is 23.2 Å². The van der Waals surface area contributed by atoms with Gasteiger partial charge in [-0.2, -0.15) is 0 Å². The molecule has 0 radical (unpaired) electrons. The summed E-state index contributed by atoms with van der Waals surface area (Å²) in [6.07, 6.45) is 13.4. The highest BCUT2D eigenvalue weighted by atomic mass is 16.2. The van der Waals surface area contributed by atoms with Crippen LogP contribution in [0.25, 0.3) is 0 Å². The number of benzene rings is 1. The fourth-order valence-electron chi connectivity index (χ4n) is 7.13. The predicted molar refractivity (Wildman–Crippen MR) is 109 cm³/mol. The first-order chi connectivity index (χ1) is 13.1. The molecule has 5 aliphatic rings. The summed E-state index contributed by atoms with van der Waals surface area (Å²) < 4.78 is 0. The lowest BCUT2D eigenvalue weighted by molar-refractivity contribution is -0.0498. The second kappa shape index (κ2) is 6.83. The van der Waals surface area contributed by atoms with Crippen molar-refractivity contribution in [3.63, 3.8) is 0 Å². The zero-order valence-corrected chi connectivity index (χ0v) is 16.7. The van der Waals surface area contributed by atoms with Crippen LogP contribution in [0.3, 0.4) is 0 Å². The Morgan fingerprint density at radius 1 is 1.04 bits per heavy atom. The maximum atomic E-state index is 12.6. The van der Waals surface area contributed by atoms with Gasteiger partial charge in [-0.05, 0) is 111 Å². The minimum atomic E-state index is 0.0102. The summed E-state index contributed by atoms with van der Waals surface area (Å²) in [6.45, 7) is 2.98. The lowest BCUT2D eigenvalue weighted by atomic mass is 9.49. The largest absolute Gasteiger partial charge is 0.338 e. The number of urea groups is 1. The first-order valence-corrected chi connectivity index (χ1v) is 11.2. The fourth-order valence-corrected chi connectivity index (χ4v) is 7.13. The molecule has 6 rings (SSSR count). The van der Waals surface area contributed by atoms with Gasteiger partial charge in [0.05, 0.1) is 6.04 Å². The molecule has 1 aromatic rings. The second-order valence-electron chi connectivity index (χ2n) is 10.2. The number of fused-ring (bicyclic) bond motifs is 1. The van der Waals surface area contributed by atoms with Crippen molar-refractivity contribution in [1.82, 2.24) is 10.6 Å². The quantitative estimate of drug-likeness (QED) is 0.761. The van der Waals surface area contributed by atoms with Gasteiger partial charge >= 0.3 is 6.03 Å². The molecule has 1 atom stereocenters. The lowest BCUT2D eigenvalue weighted by Crippen LogP contribution is -2.52. The summed E-state index contributed by atoms with van der Waals surface area (Å²) in [7, 11) is 0. The third-order valence-corrected chi connectivity index (χ3v) is 8.01. The van der Waals surface area contributed by atoms with Crippen LogP contribution in [0.4, 0.5) is 4.79 Å². The van der Waals surface area contributed by atoms with Crippen molar-refractivity contribution in [3.8, 4) is 0 Å². The zero-order valence-electron chi connectivity index (χ0n) is 16.7. The first kappa shape index (κ1) is 17.6. The van der Waals surface area contributed by atoms with E-state index in [1.165, 1.54) is 80.9 Å². The number of hydrogen-bond acceptors (Lipinski definition) is 1. The number of carbonyl (C=O) groups is 1. The Balaban J connectivity index is 1.17. The van der Waals surface area contributed by atoms with E-state index in [4.69, 9.17) is 0 Å². The van der Waals surface area contributed by atoms with Crippen molar-refractivity contribution >= 4 is 6.03 Å². The fraction of sp³-hybridized carbons (Fsp3) is 0.708. The molecule has 4 bridgehead atoms. The molecule has 4 saturated carbocycles. The van der Waals surface area contributed by atoms with Crippen LogP contribution in [0.5, 0.6) is 0 Å². The number of amides is 2. The standard InChI is InChI=1S/C24H34N2O/c1-16(21-7-6-20-4-2-3-5-22(20)11-21)26-23(27)25-15-24-12-17-8-18(13-24)10-19(9-17)14-24/h6-7,11,16-19H,2-5,8-10,12-15H2,1H3,(H2,25,26,27). The molecule has 3 nitrogen and oxygen atoms in total. The zero-order chi connectivity index (χ0) is 18.4. The molecule has 0 aromatic heterocycles. The van der Waals surface area contributed by atoms with E-state index in [-0.39, 0.29) is 12.1 Å². The van der Waals surface area contributed by atoms with Crippen LogP contribution in [0.15, 0.2) is 18.2 Å². The highest BCUT2D eigenvalue weighted by Gasteiger charge is 2.50. The second-order valence-corrected chi connectivity index (χ2v) is 10.2. The van der Waals surface area contributed by atoms with Crippen LogP contribution in [-0.2, 0) is 12.8 Å². The van der Waals surface area contributed by atoms with Crippen molar-refractivity contribution < 1.29 is 4.79 Å². The third kappa shape index (κ3) is 3.50. The summed E-state index contributed by atoms with van der Waals surface area (Å²) in [5.74, 6) is 2.82. The molecular formula is C24H34N2O. The third-order valence-electron chi connectivity index (χ3n) is 8.01. The van der Waals surface area contributed by atoms with E-state index in [9.17, 15) is 4.79 Å². The number of carbonyl (C=O) groups excluding carboxylic acids is 1. The summed E-state index contributed by atoms with van der Waals surface area (Å²) >= 11 is 0. The summed E-state index contributed by atoms with van der Waals surface area (Å²) in [4.78, 5) is 12.6. The molecular weight excluding hydrogens is 332 g/mol. The van der Waals surface area contributed by atoms with E-state index in [0.29, 0.717) is 5.41 Å². The van der Waals surface area contributed by atoms with Crippen molar-refractivity contribution in [2.24, 2.45) is 23.2 Å². The molecule has 0 saturated heterocycles. The van der Waals surface area contributed by atoms with Gasteiger partial charge in [0, 0.05) is 6.54 Å². The predicted octanol–water partition coefficient (Wildman–Crippen LogP) is 5.14. The maximum absolute atomic E-state index is 12.6. The van der Waals surface area contributed by atoms with Gasteiger partial charge in [-0.3, -0.25) is 0 Å². The van der Waals surface area contributed by atoms with Crippen molar-refractivity contribution in [3.05, 3.63) is 34.9 Å². The van der Waals surface area contributed by atoms with E-state index < -0.39 is 0 Å². The lowest BCUT2D eigenvalue weighted by Gasteiger charge is -2.56. The van der Waals surface area contributed by atoms with Gasteiger partial charge in [0.1, 0.15) is 0 Å². The topological polar surface area (TPSA) is 41.1 Å². The average molecular weight is 367 g/mol. The average Bonchev–Trinajstić information content (AvgIpc) is 2.65. The number of nitrogens with one attached hydrogen (secondary N) is 2. The van der Waals surface area contributed by atoms with Crippen LogP contribution in [0.1, 0.15) is 81.0 Å². The molecule has 0 aliphatic heterocycles. The molecule has 146 valence electrons. The van der Waals surface area contributed by atoms with E-state index in [0.717, 1.165) is 24.3 Å². The minimum absolute atomic E-state index is 0.0102. The first-order valence-electron chi connectivity index (χ1n) is 11.2. The molecule has 5 aliphatic carbocycles. The van der Waals surface area contributed by atoms with Crippen molar-refractivity contribution in [2.75, 3.05) is 6.54 Å². The Labute approximate surface area is 163 Å². The van der Waals surface area contributed by atoms with E-state index >= 15 is 0 Å². The molecule has 0 heterocycles. The minimum Gasteiger partial charge on any atom is -0.338 e. The number of hydrogen-bond donors (Lipinski definition) is 2. The summed E-state index contributed by atoms with van der Waals surface area (Å²) in [6, 6.07) is 6.87. The van der Waals surface area contributed by atoms with Crippen LogP contribution in [-0.4, -0.2) is 12.6 Å². The Hall–Kier alpha value is -1.51. The normalized spacial score (nSPS) is 34.8. The van der Waals surface area contributed by atoms with Crippen LogP contribution < -0.4 is 10.6 Å². The van der Waals surface area contributed by atoms with Crippen LogP contribution >= 0.6 is 0 Å². The molecule has 0 spiro atoms. The highest BCUT2D eigenvalue weighted by Crippen LogP contribution is 2.59. The van der Waals surface area contributed by atoms with E-state index in [1.54, 1.807) is 0 Å². The smallest absolute Gasteiger partial charge is 0.315 e. The Kier molecular flexibility index (Phi) is 4.44. The SMILES string of the molecule is CC(NC(=O)NCC12CC3CC(CC(C3)C1)C2)c1ccc2c(c1)CCCC2. The number of aryl methyl sites for hydroxylation is 2. The molecule has 2 amide bonds. The van der Waals surface area contributed by atoms with Gasteiger partial charge < -0.3 is 10.6 Å². The van der Waals surface area contributed by atoms with Gasteiger partial charge in [-0.15, -0.1) is 0 Å². The molecule has 3 heteroatoms. The van der Waals surface area contributed by atoms with Gasteiger partial charge in [0.2, 0.25) is 0 Å². The monoisotopic (exact) mass is 366 g/mol. The Bertz CT molecular complexity index is 690. The number of rotatable bonds is 4. The van der Waals surface area contributed by atoms with Crippen LogP contribution in [0.2, 0.25) is 0 Å². The molecule has 1 unspecified atom stereocenters. The highest BCUT2D eigenvalue weighted by molar-refractivity contribution is 5.74. The van der Waals surface area contributed by atoms with E-state index in [2.05, 4.69) is 35.8 Å². The summed E-state index contributed by atoms with van der Waals surface area (Å²) in [5, 5.41) is 6.44. The van der Waals surface area contributed by atoms with Crippen molar-refractivity contribution in [1.29, 1.82) is 0 Å².